The number of ether oxygens (including phenoxy) is 5. The van der Waals surface area contributed by atoms with Crippen molar-refractivity contribution in [1.29, 1.82) is 0 Å². The molecule has 192 valence electrons. The van der Waals surface area contributed by atoms with Gasteiger partial charge < -0.3 is 49.2 Å². The minimum absolute atomic E-state index is 0.0820. The lowest BCUT2D eigenvalue weighted by molar-refractivity contribution is -0.242. The zero-order valence-corrected chi connectivity index (χ0v) is 19.7. The Morgan fingerprint density at radius 1 is 0.943 bits per heavy atom. The third-order valence-electron chi connectivity index (χ3n) is 6.41. The highest BCUT2D eigenvalue weighted by molar-refractivity contribution is 5.56. The molecule has 4 rings (SSSR count). The molecule has 0 amide bonds. The van der Waals surface area contributed by atoms with E-state index in [4.69, 9.17) is 23.7 Å². The maximum Gasteiger partial charge on any atom is 0.229 e. The molecule has 2 aromatic carbocycles. The molecule has 5 N–H and O–H groups in total. The van der Waals surface area contributed by atoms with E-state index >= 15 is 0 Å². The number of benzene rings is 2. The highest BCUT2D eigenvalue weighted by Gasteiger charge is 2.40. The Bertz CT molecular complexity index is 1010. The van der Waals surface area contributed by atoms with Gasteiger partial charge in [-0.15, -0.1) is 0 Å². The van der Waals surface area contributed by atoms with Crippen molar-refractivity contribution in [1.82, 2.24) is 0 Å². The summed E-state index contributed by atoms with van der Waals surface area (Å²) < 4.78 is 28.3. The minimum atomic E-state index is -1.44. The third-order valence-corrected chi connectivity index (χ3v) is 6.41. The maximum atomic E-state index is 10.2. The standard InChI is InChI=1S/C25H32O10/c1-31-19-10-14(5-6-18(19)34-25-22(30)21(29)17(28)12-33-25)23-16(11-27)15-8-13(4-3-7-26)9-20(32-2)24(15)35-23/h5-6,8-10,16-17,21-23,25-30H,3-4,7,11-12H2,1-2H3/t16-,17-,21+,22-,23+,25+/m1/s1. The minimum Gasteiger partial charge on any atom is -0.493 e. The van der Waals surface area contributed by atoms with Gasteiger partial charge in [-0.2, -0.15) is 0 Å². The molecule has 2 aliphatic heterocycles. The van der Waals surface area contributed by atoms with Crippen LogP contribution in [0.15, 0.2) is 30.3 Å². The summed E-state index contributed by atoms with van der Waals surface area (Å²) in [5.74, 6) is 1.38. The van der Waals surface area contributed by atoms with Crippen molar-refractivity contribution in [2.24, 2.45) is 0 Å². The zero-order chi connectivity index (χ0) is 25.1. The predicted molar refractivity (Wildman–Crippen MR) is 123 cm³/mol. The lowest BCUT2D eigenvalue weighted by Gasteiger charge is -2.35. The van der Waals surface area contributed by atoms with Crippen LogP contribution < -0.4 is 18.9 Å². The van der Waals surface area contributed by atoms with Gasteiger partial charge >= 0.3 is 0 Å². The first-order valence-corrected chi connectivity index (χ1v) is 11.5. The predicted octanol–water partition coefficient (Wildman–Crippen LogP) is 0.656. The summed E-state index contributed by atoms with van der Waals surface area (Å²) in [6, 6.07) is 8.96. The molecule has 35 heavy (non-hydrogen) atoms. The van der Waals surface area contributed by atoms with Crippen LogP contribution in [0, 0.1) is 0 Å². The van der Waals surface area contributed by atoms with Gasteiger partial charge in [0, 0.05) is 12.2 Å². The van der Waals surface area contributed by atoms with E-state index in [-0.39, 0.29) is 31.5 Å². The van der Waals surface area contributed by atoms with Gasteiger partial charge in [-0.05, 0) is 42.2 Å². The number of methoxy groups -OCH3 is 2. The molecular weight excluding hydrogens is 460 g/mol. The van der Waals surface area contributed by atoms with E-state index < -0.39 is 30.7 Å². The molecule has 0 unspecified atom stereocenters. The fraction of sp³-hybridized carbons (Fsp3) is 0.520. The maximum absolute atomic E-state index is 10.2. The van der Waals surface area contributed by atoms with Gasteiger partial charge in [0.1, 0.15) is 24.4 Å². The monoisotopic (exact) mass is 492 g/mol. The van der Waals surface area contributed by atoms with Crippen molar-refractivity contribution in [2.75, 3.05) is 34.0 Å². The number of fused-ring (bicyclic) bond motifs is 1. The first kappa shape index (κ1) is 25.5. The highest BCUT2D eigenvalue weighted by atomic mass is 16.7. The Morgan fingerprint density at radius 3 is 2.40 bits per heavy atom. The molecule has 0 saturated carbocycles. The fourth-order valence-corrected chi connectivity index (χ4v) is 4.50. The van der Waals surface area contributed by atoms with E-state index in [1.165, 1.54) is 7.11 Å². The van der Waals surface area contributed by atoms with Crippen LogP contribution in [-0.2, 0) is 11.2 Å². The molecule has 2 aliphatic rings. The molecule has 1 saturated heterocycles. The van der Waals surface area contributed by atoms with Crippen LogP contribution in [0.2, 0.25) is 0 Å². The normalized spacial score (nSPS) is 27.7. The van der Waals surface area contributed by atoms with Crippen LogP contribution in [0.1, 0.15) is 35.1 Å². The highest BCUT2D eigenvalue weighted by Crippen LogP contribution is 2.51. The number of aryl methyl sites for hydroxylation is 1. The van der Waals surface area contributed by atoms with E-state index in [0.717, 1.165) is 16.7 Å². The summed E-state index contributed by atoms with van der Waals surface area (Å²) in [7, 11) is 3.02. The second-order valence-electron chi connectivity index (χ2n) is 8.65. The van der Waals surface area contributed by atoms with E-state index in [1.54, 1.807) is 25.3 Å². The first-order chi connectivity index (χ1) is 16.9. The number of aliphatic hydroxyl groups is 5. The summed E-state index contributed by atoms with van der Waals surface area (Å²) in [6.07, 6.45) is -4.46. The molecule has 6 atom stereocenters. The SMILES string of the molecule is COc1cc([C@@H]2Oc3c(OC)cc(CCCO)cc3[C@H]2CO)ccc1O[C@@H]1OC[C@@H](O)[C@H](O)[C@H]1O. The fourth-order valence-electron chi connectivity index (χ4n) is 4.50. The average molecular weight is 493 g/mol. The van der Waals surface area contributed by atoms with Crippen LogP contribution in [0.25, 0.3) is 0 Å². The van der Waals surface area contributed by atoms with Gasteiger partial charge in [-0.25, -0.2) is 0 Å². The molecule has 0 spiro atoms. The number of rotatable bonds is 9. The van der Waals surface area contributed by atoms with E-state index in [0.29, 0.717) is 30.1 Å². The van der Waals surface area contributed by atoms with Crippen molar-refractivity contribution in [3.63, 3.8) is 0 Å². The molecule has 10 nitrogen and oxygen atoms in total. The number of hydrogen-bond acceptors (Lipinski definition) is 10. The van der Waals surface area contributed by atoms with Crippen LogP contribution in [-0.4, -0.2) is 84.2 Å². The molecule has 0 aliphatic carbocycles. The van der Waals surface area contributed by atoms with Crippen molar-refractivity contribution >= 4 is 0 Å². The first-order valence-electron chi connectivity index (χ1n) is 11.5. The Labute approximate surface area is 203 Å². The van der Waals surface area contributed by atoms with Gasteiger partial charge in [0.15, 0.2) is 23.0 Å². The van der Waals surface area contributed by atoms with E-state index in [1.807, 2.05) is 12.1 Å². The molecule has 10 heteroatoms. The molecule has 0 bridgehead atoms. The molecule has 2 heterocycles. The Kier molecular flexibility index (Phi) is 8.00. The van der Waals surface area contributed by atoms with Gasteiger partial charge in [-0.1, -0.05) is 12.1 Å². The zero-order valence-electron chi connectivity index (χ0n) is 19.7. The van der Waals surface area contributed by atoms with E-state index in [2.05, 4.69) is 0 Å². The summed E-state index contributed by atoms with van der Waals surface area (Å²) in [5.41, 5.74) is 2.54. The smallest absolute Gasteiger partial charge is 0.229 e. The van der Waals surface area contributed by atoms with Crippen LogP contribution >= 0.6 is 0 Å². The van der Waals surface area contributed by atoms with Gasteiger partial charge in [0.2, 0.25) is 6.29 Å². The molecular formula is C25H32O10. The lowest BCUT2D eigenvalue weighted by atomic mass is 9.90. The van der Waals surface area contributed by atoms with Gasteiger partial charge in [-0.3, -0.25) is 0 Å². The number of aliphatic hydroxyl groups excluding tert-OH is 5. The van der Waals surface area contributed by atoms with Crippen molar-refractivity contribution in [3.8, 4) is 23.0 Å². The third kappa shape index (κ3) is 5.04. The average Bonchev–Trinajstić information content (AvgIpc) is 3.25. The molecule has 1 fully saturated rings. The second kappa shape index (κ2) is 11.0. The molecule has 2 aromatic rings. The summed E-state index contributed by atoms with van der Waals surface area (Å²) >= 11 is 0. The summed E-state index contributed by atoms with van der Waals surface area (Å²) in [4.78, 5) is 0. The van der Waals surface area contributed by atoms with Crippen molar-refractivity contribution in [2.45, 2.75) is 49.5 Å². The summed E-state index contributed by atoms with van der Waals surface area (Å²) in [6.45, 7) is -0.260. The largest absolute Gasteiger partial charge is 0.493 e. The van der Waals surface area contributed by atoms with Gasteiger partial charge in [0.05, 0.1) is 33.4 Å². The van der Waals surface area contributed by atoms with E-state index in [9.17, 15) is 25.5 Å². The molecule has 0 radical (unpaired) electrons. The number of hydrogen-bond donors (Lipinski definition) is 5. The Balaban J connectivity index is 1.59. The quantitative estimate of drug-likeness (QED) is 0.338. The second-order valence-corrected chi connectivity index (χ2v) is 8.65. The summed E-state index contributed by atoms with van der Waals surface area (Å²) in [5, 5.41) is 49.2. The Hall–Kier alpha value is -2.60. The van der Waals surface area contributed by atoms with Crippen molar-refractivity contribution < 1.29 is 49.2 Å². The topological polar surface area (TPSA) is 147 Å². The molecule has 0 aromatic heterocycles. The van der Waals surface area contributed by atoms with Gasteiger partial charge in [0.25, 0.3) is 0 Å². The van der Waals surface area contributed by atoms with Crippen LogP contribution in [0.3, 0.4) is 0 Å². The van der Waals surface area contributed by atoms with Crippen LogP contribution in [0.5, 0.6) is 23.0 Å². The van der Waals surface area contributed by atoms with Crippen molar-refractivity contribution in [3.05, 3.63) is 47.0 Å². The van der Waals surface area contributed by atoms with Crippen LogP contribution in [0.4, 0.5) is 0 Å². The Morgan fingerprint density at radius 2 is 1.71 bits per heavy atom. The lowest BCUT2D eigenvalue weighted by Crippen LogP contribution is -2.54.